The second-order valence-electron chi connectivity index (χ2n) is 8.44. The van der Waals surface area contributed by atoms with Gasteiger partial charge in [-0.1, -0.05) is 29.8 Å². The molecule has 2 fully saturated rings. The summed E-state index contributed by atoms with van der Waals surface area (Å²) in [5.74, 6) is 1.57. The molecule has 1 aromatic rings. The lowest BCUT2D eigenvalue weighted by molar-refractivity contribution is 0.0179. The van der Waals surface area contributed by atoms with Crippen molar-refractivity contribution >= 4 is 5.96 Å². The van der Waals surface area contributed by atoms with Gasteiger partial charge in [-0.3, -0.25) is 9.89 Å². The molecule has 3 rings (SSSR count). The quantitative estimate of drug-likeness (QED) is 0.348. The first-order valence-corrected chi connectivity index (χ1v) is 11.7. The summed E-state index contributed by atoms with van der Waals surface area (Å²) in [6, 6.07) is 9.18. The van der Waals surface area contributed by atoms with Crippen molar-refractivity contribution in [3.8, 4) is 0 Å². The Kier molecular flexibility index (Phi) is 10.1. The highest BCUT2D eigenvalue weighted by Crippen LogP contribution is 2.24. The Hall–Kier alpha value is -1.67. The summed E-state index contributed by atoms with van der Waals surface area (Å²) in [5.41, 5.74) is 2.62. The Labute approximate surface area is 187 Å². The molecule has 2 atom stereocenters. The summed E-state index contributed by atoms with van der Waals surface area (Å²) < 4.78 is 16.4. The van der Waals surface area contributed by atoms with Crippen molar-refractivity contribution in [2.75, 3.05) is 79.4 Å². The molecular formula is C24H40N4O3. The number of ether oxygens (including phenoxy) is 3. The first-order valence-electron chi connectivity index (χ1n) is 11.7. The van der Waals surface area contributed by atoms with Gasteiger partial charge in [0.25, 0.3) is 0 Å². The number of nitrogens with zero attached hydrogens (tertiary/aromatic N) is 3. The van der Waals surface area contributed by atoms with Gasteiger partial charge in [-0.25, -0.2) is 0 Å². The van der Waals surface area contributed by atoms with Crippen LogP contribution in [0.4, 0.5) is 0 Å². The number of hydrogen-bond donors (Lipinski definition) is 1. The molecule has 0 spiro atoms. The van der Waals surface area contributed by atoms with Crippen LogP contribution in [0.5, 0.6) is 0 Å². The molecule has 2 aliphatic heterocycles. The maximum absolute atomic E-state index is 5.76. The summed E-state index contributed by atoms with van der Waals surface area (Å²) >= 11 is 0. The van der Waals surface area contributed by atoms with E-state index in [0.717, 1.165) is 71.5 Å². The van der Waals surface area contributed by atoms with E-state index in [1.807, 2.05) is 0 Å². The van der Waals surface area contributed by atoms with Crippen LogP contribution >= 0.6 is 0 Å². The molecule has 7 heteroatoms. The molecule has 0 bridgehead atoms. The average molecular weight is 433 g/mol. The molecule has 0 saturated carbocycles. The maximum Gasteiger partial charge on any atom is 0.193 e. The Morgan fingerprint density at radius 2 is 1.97 bits per heavy atom. The smallest absolute Gasteiger partial charge is 0.193 e. The van der Waals surface area contributed by atoms with Gasteiger partial charge in [-0.05, 0) is 25.8 Å². The highest BCUT2D eigenvalue weighted by atomic mass is 16.5. The van der Waals surface area contributed by atoms with Crippen LogP contribution in [-0.2, 0) is 14.2 Å². The van der Waals surface area contributed by atoms with Crippen LogP contribution in [-0.4, -0.2) is 95.2 Å². The van der Waals surface area contributed by atoms with Crippen molar-refractivity contribution in [3.05, 3.63) is 35.4 Å². The van der Waals surface area contributed by atoms with Gasteiger partial charge in [0.05, 0.1) is 45.6 Å². The van der Waals surface area contributed by atoms with E-state index in [1.165, 1.54) is 11.1 Å². The van der Waals surface area contributed by atoms with Crippen molar-refractivity contribution in [3.63, 3.8) is 0 Å². The van der Waals surface area contributed by atoms with E-state index in [9.17, 15) is 0 Å². The van der Waals surface area contributed by atoms with Crippen molar-refractivity contribution in [1.82, 2.24) is 15.1 Å². The molecule has 0 radical (unpaired) electrons. The van der Waals surface area contributed by atoms with Crippen LogP contribution in [0.15, 0.2) is 29.3 Å². The maximum atomic E-state index is 5.76. The first-order chi connectivity index (χ1) is 15.2. The van der Waals surface area contributed by atoms with E-state index in [2.05, 4.69) is 53.2 Å². The minimum absolute atomic E-state index is 0.272. The highest BCUT2D eigenvalue weighted by Gasteiger charge is 2.26. The third kappa shape index (κ3) is 7.45. The van der Waals surface area contributed by atoms with Crippen molar-refractivity contribution in [2.45, 2.75) is 26.3 Å². The van der Waals surface area contributed by atoms with E-state index >= 15 is 0 Å². The van der Waals surface area contributed by atoms with Crippen molar-refractivity contribution in [2.24, 2.45) is 10.9 Å². The monoisotopic (exact) mass is 432 g/mol. The zero-order valence-electron chi connectivity index (χ0n) is 19.5. The van der Waals surface area contributed by atoms with Crippen molar-refractivity contribution < 1.29 is 14.2 Å². The van der Waals surface area contributed by atoms with Crippen LogP contribution in [0, 0.1) is 12.8 Å². The minimum Gasteiger partial charge on any atom is -0.382 e. The van der Waals surface area contributed by atoms with Crippen molar-refractivity contribution in [1.29, 1.82) is 0 Å². The second-order valence-corrected chi connectivity index (χ2v) is 8.44. The topological polar surface area (TPSA) is 58.6 Å². The second kappa shape index (κ2) is 13.0. The lowest BCUT2D eigenvalue weighted by Crippen LogP contribution is -2.43. The van der Waals surface area contributed by atoms with E-state index in [1.54, 1.807) is 7.11 Å². The molecule has 0 aromatic heterocycles. The molecule has 2 heterocycles. The number of rotatable bonds is 10. The number of guanidine groups is 1. The molecule has 2 aliphatic rings. The Balaban J connectivity index is 1.65. The average Bonchev–Trinajstić information content (AvgIpc) is 3.27. The van der Waals surface area contributed by atoms with Gasteiger partial charge in [0, 0.05) is 45.8 Å². The van der Waals surface area contributed by atoms with Gasteiger partial charge in [-0.15, -0.1) is 0 Å². The lowest BCUT2D eigenvalue weighted by atomic mass is 10.0. The minimum atomic E-state index is 0.272. The summed E-state index contributed by atoms with van der Waals surface area (Å²) in [6.07, 6.45) is 1.14. The van der Waals surface area contributed by atoms with Gasteiger partial charge in [0.1, 0.15) is 0 Å². The Morgan fingerprint density at radius 1 is 1.19 bits per heavy atom. The number of nitrogens with one attached hydrogen (secondary N) is 1. The number of likely N-dealkylation sites (tertiary alicyclic amines) is 1. The third-order valence-corrected chi connectivity index (χ3v) is 6.07. The van der Waals surface area contributed by atoms with Gasteiger partial charge in [-0.2, -0.15) is 0 Å². The Bertz CT molecular complexity index is 661. The fourth-order valence-corrected chi connectivity index (χ4v) is 4.26. The number of morpholine rings is 1. The molecule has 2 unspecified atom stereocenters. The zero-order valence-corrected chi connectivity index (χ0v) is 19.5. The number of benzene rings is 1. The van der Waals surface area contributed by atoms with E-state index < -0.39 is 0 Å². The van der Waals surface area contributed by atoms with Crippen LogP contribution in [0.1, 0.15) is 30.5 Å². The molecule has 2 saturated heterocycles. The predicted molar refractivity (Wildman–Crippen MR) is 125 cm³/mol. The van der Waals surface area contributed by atoms with E-state index in [0.29, 0.717) is 19.1 Å². The van der Waals surface area contributed by atoms with Gasteiger partial charge < -0.3 is 24.4 Å². The summed E-state index contributed by atoms with van der Waals surface area (Å²) in [4.78, 5) is 10.0. The van der Waals surface area contributed by atoms with Crippen LogP contribution < -0.4 is 5.32 Å². The molecular weight excluding hydrogens is 392 g/mol. The predicted octanol–water partition coefficient (Wildman–Crippen LogP) is 2.32. The molecule has 0 aliphatic carbocycles. The van der Waals surface area contributed by atoms with Gasteiger partial charge in [0.15, 0.2) is 5.96 Å². The summed E-state index contributed by atoms with van der Waals surface area (Å²) in [7, 11) is 1.71. The van der Waals surface area contributed by atoms with E-state index in [-0.39, 0.29) is 6.04 Å². The third-order valence-electron chi connectivity index (χ3n) is 6.07. The van der Waals surface area contributed by atoms with Crippen LogP contribution in [0.25, 0.3) is 0 Å². The molecule has 7 nitrogen and oxygen atoms in total. The summed E-state index contributed by atoms with van der Waals surface area (Å²) in [5, 5.41) is 3.51. The number of methoxy groups -OCH3 is 1. The molecule has 1 N–H and O–H groups in total. The highest BCUT2D eigenvalue weighted by molar-refractivity contribution is 5.80. The van der Waals surface area contributed by atoms with E-state index in [4.69, 9.17) is 19.2 Å². The number of hydrogen-bond acceptors (Lipinski definition) is 5. The SMILES string of the molecule is CCNC(=NCC(c1ccc(C)cc1)N1CCOCC1)N1CCC(COCCOC)C1. The standard InChI is InChI=1S/C24H40N4O3/c1-4-25-24(28-10-9-21(18-28)19-31-16-15-29-3)26-17-23(27-11-13-30-14-12-27)22-7-5-20(2)6-8-22/h5-8,21,23H,4,9-19H2,1-3H3,(H,25,26). The van der Waals surface area contributed by atoms with Gasteiger partial charge >= 0.3 is 0 Å². The lowest BCUT2D eigenvalue weighted by Gasteiger charge is -2.34. The number of aliphatic imine (C=N–C) groups is 1. The van der Waals surface area contributed by atoms with Crippen LogP contribution in [0.2, 0.25) is 0 Å². The van der Waals surface area contributed by atoms with Crippen LogP contribution in [0.3, 0.4) is 0 Å². The van der Waals surface area contributed by atoms with Gasteiger partial charge in [0.2, 0.25) is 0 Å². The first kappa shape index (κ1) is 24.0. The Morgan fingerprint density at radius 3 is 2.68 bits per heavy atom. The molecule has 0 amide bonds. The largest absolute Gasteiger partial charge is 0.382 e. The molecule has 1 aromatic carbocycles. The molecule has 174 valence electrons. The number of aryl methyl sites for hydroxylation is 1. The molecule has 31 heavy (non-hydrogen) atoms. The fraction of sp³-hybridized carbons (Fsp3) is 0.708. The zero-order chi connectivity index (χ0) is 21.9. The fourth-order valence-electron chi connectivity index (χ4n) is 4.26. The summed E-state index contributed by atoms with van der Waals surface area (Å²) in [6.45, 7) is 13.5. The normalized spacial score (nSPS) is 21.5.